The van der Waals surface area contributed by atoms with Gasteiger partial charge in [0.05, 0.1) is 16.6 Å². The second-order valence-electron chi connectivity index (χ2n) is 6.05. The third-order valence-electron chi connectivity index (χ3n) is 3.79. The van der Waals surface area contributed by atoms with Gasteiger partial charge in [0.1, 0.15) is 10.8 Å². The van der Waals surface area contributed by atoms with Crippen LogP contribution in [0, 0.1) is 0 Å². The number of benzene rings is 1. The molecular weight excluding hydrogens is 443 g/mol. The molecule has 1 amide bonds. The number of aliphatic carboxylic acids is 1. The number of thioether (sulfide) groups is 1. The summed E-state index contributed by atoms with van der Waals surface area (Å²) in [6.07, 6.45) is -4.22. The zero-order valence-electron chi connectivity index (χ0n) is 15.9. The quantitative estimate of drug-likeness (QED) is 0.531. The summed E-state index contributed by atoms with van der Waals surface area (Å²) in [6, 6.07) is 6.12. The van der Waals surface area contributed by atoms with E-state index in [9.17, 15) is 27.6 Å². The van der Waals surface area contributed by atoms with Crippen molar-refractivity contribution in [3.63, 3.8) is 0 Å². The van der Waals surface area contributed by atoms with Crippen molar-refractivity contribution in [1.82, 2.24) is 0 Å². The van der Waals surface area contributed by atoms with Gasteiger partial charge in [-0.3, -0.25) is 14.4 Å². The molecule has 0 aliphatic carbocycles. The van der Waals surface area contributed by atoms with Crippen LogP contribution in [0.4, 0.5) is 18.2 Å². The number of amides is 1. The Morgan fingerprint density at radius 1 is 1.23 bits per heavy atom. The van der Waals surface area contributed by atoms with E-state index in [1.54, 1.807) is 13.0 Å². The maximum Gasteiger partial charge on any atom is 0.573 e. The lowest BCUT2D eigenvalue weighted by Gasteiger charge is -2.11. The fourth-order valence-corrected chi connectivity index (χ4v) is 3.93. The number of carbonyl (C=O) groups is 3. The first-order valence-corrected chi connectivity index (χ1v) is 10.5. The van der Waals surface area contributed by atoms with Crippen LogP contribution in [0.1, 0.15) is 34.6 Å². The second kappa shape index (κ2) is 9.98. The Morgan fingerprint density at radius 2 is 1.87 bits per heavy atom. The van der Waals surface area contributed by atoms with Crippen molar-refractivity contribution < 1.29 is 37.4 Å². The SMILES string of the molecule is CCc1cc(C(=O)c2ccc(OC(F)(F)F)cc2)c(NC(=O)C(C)SCC(=O)O)s1. The molecule has 0 aliphatic rings. The number of carboxylic acid groups (broad SMARTS) is 1. The lowest BCUT2D eigenvalue weighted by atomic mass is 10.0. The number of nitrogens with one attached hydrogen (secondary N) is 1. The number of carbonyl (C=O) groups excluding carboxylic acids is 2. The minimum Gasteiger partial charge on any atom is -0.481 e. The van der Waals surface area contributed by atoms with Gasteiger partial charge in [-0.25, -0.2) is 0 Å². The number of anilines is 1. The Labute approximate surface area is 178 Å². The van der Waals surface area contributed by atoms with Gasteiger partial charge in [0.25, 0.3) is 0 Å². The Kier molecular flexibility index (Phi) is 7.90. The Balaban J connectivity index is 2.20. The number of halogens is 3. The molecule has 1 unspecified atom stereocenters. The number of ketones is 1. The van der Waals surface area contributed by atoms with Crippen molar-refractivity contribution in [2.75, 3.05) is 11.1 Å². The highest BCUT2D eigenvalue weighted by Crippen LogP contribution is 2.32. The molecule has 6 nitrogen and oxygen atoms in total. The minimum absolute atomic E-state index is 0.133. The minimum atomic E-state index is -4.83. The summed E-state index contributed by atoms with van der Waals surface area (Å²) < 4.78 is 40.6. The average Bonchev–Trinajstić information content (AvgIpc) is 3.07. The van der Waals surface area contributed by atoms with E-state index < -0.39 is 35.0 Å². The highest BCUT2D eigenvalue weighted by atomic mass is 32.2. The molecule has 2 N–H and O–H groups in total. The van der Waals surface area contributed by atoms with E-state index in [0.717, 1.165) is 28.8 Å². The van der Waals surface area contributed by atoms with Crippen LogP contribution in [-0.4, -0.2) is 40.1 Å². The summed E-state index contributed by atoms with van der Waals surface area (Å²) in [5.41, 5.74) is 0.346. The zero-order chi connectivity index (χ0) is 22.5. The van der Waals surface area contributed by atoms with Crippen molar-refractivity contribution in [2.45, 2.75) is 31.9 Å². The topological polar surface area (TPSA) is 92.7 Å². The van der Waals surface area contributed by atoms with E-state index in [2.05, 4.69) is 10.1 Å². The van der Waals surface area contributed by atoms with E-state index >= 15 is 0 Å². The molecule has 30 heavy (non-hydrogen) atoms. The third-order valence-corrected chi connectivity index (χ3v) is 6.11. The van der Waals surface area contributed by atoms with Gasteiger partial charge in [-0.15, -0.1) is 36.3 Å². The number of thiophene rings is 1. The van der Waals surface area contributed by atoms with Crippen molar-refractivity contribution in [2.24, 2.45) is 0 Å². The summed E-state index contributed by atoms with van der Waals surface area (Å²) in [7, 11) is 0. The number of hydrogen-bond acceptors (Lipinski definition) is 6. The smallest absolute Gasteiger partial charge is 0.481 e. The van der Waals surface area contributed by atoms with Gasteiger partial charge in [0.2, 0.25) is 5.91 Å². The molecule has 1 heterocycles. The van der Waals surface area contributed by atoms with Crippen LogP contribution < -0.4 is 10.1 Å². The first kappa shape index (κ1) is 23.7. The van der Waals surface area contributed by atoms with Crippen molar-refractivity contribution in [3.05, 3.63) is 46.3 Å². The van der Waals surface area contributed by atoms with Crippen LogP contribution in [0.2, 0.25) is 0 Å². The molecule has 1 aromatic carbocycles. The largest absolute Gasteiger partial charge is 0.573 e. The number of alkyl halides is 3. The first-order valence-electron chi connectivity index (χ1n) is 8.67. The molecular formula is C19H18F3NO5S2. The van der Waals surface area contributed by atoms with Crippen molar-refractivity contribution in [1.29, 1.82) is 0 Å². The second-order valence-corrected chi connectivity index (χ2v) is 8.51. The van der Waals surface area contributed by atoms with Gasteiger partial charge in [-0.1, -0.05) is 6.92 Å². The molecule has 11 heteroatoms. The summed E-state index contributed by atoms with van der Waals surface area (Å²) in [6.45, 7) is 3.43. The lowest BCUT2D eigenvalue weighted by Crippen LogP contribution is -2.24. The number of hydrogen-bond donors (Lipinski definition) is 2. The molecule has 0 radical (unpaired) electrons. The average molecular weight is 461 g/mol. The van der Waals surface area contributed by atoms with Crippen molar-refractivity contribution in [3.8, 4) is 5.75 Å². The van der Waals surface area contributed by atoms with E-state index in [-0.39, 0.29) is 16.9 Å². The van der Waals surface area contributed by atoms with Gasteiger partial charge in [-0.05, 0) is 43.7 Å². The number of aryl methyl sites for hydroxylation is 1. The summed E-state index contributed by atoms with van der Waals surface area (Å²) in [5, 5.41) is 11.0. The number of carboxylic acids is 1. The van der Waals surface area contributed by atoms with E-state index in [1.165, 1.54) is 23.5 Å². The molecule has 0 saturated carbocycles. The molecule has 2 aromatic rings. The Bertz CT molecular complexity index is 925. The highest BCUT2D eigenvalue weighted by Gasteiger charge is 2.31. The normalized spacial score (nSPS) is 12.3. The number of ether oxygens (including phenoxy) is 1. The molecule has 1 atom stereocenters. The fourth-order valence-electron chi connectivity index (χ4n) is 2.33. The fraction of sp³-hybridized carbons (Fsp3) is 0.316. The maximum absolute atomic E-state index is 12.9. The summed E-state index contributed by atoms with van der Waals surface area (Å²) in [5.74, 6) is -2.65. The molecule has 0 spiro atoms. The van der Waals surface area contributed by atoms with E-state index in [4.69, 9.17) is 5.11 Å². The molecule has 2 rings (SSSR count). The maximum atomic E-state index is 12.9. The van der Waals surface area contributed by atoms with E-state index in [0.29, 0.717) is 11.4 Å². The molecule has 0 fully saturated rings. The van der Waals surface area contributed by atoms with Crippen LogP contribution in [0.15, 0.2) is 30.3 Å². The number of rotatable bonds is 9. The lowest BCUT2D eigenvalue weighted by molar-refractivity contribution is -0.274. The summed E-state index contributed by atoms with van der Waals surface area (Å²) in [4.78, 5) is 36.7. The molecule has 0 aliphatic heterocycles. The van der Waals surface area contributed by atoms with Crippen LogP contribution in [0.5, 0.6) is 5.75 Å². The monoisotopic (exact) mass is 461 g/mol. The Hall–Kier alpha value is -2.53. The molecule has 0 saturated heterocycles. The first-order chi connectivity index (χ1) is 14.0. The predicted octanol–water partition coefficient (Wildman–Crippen LogP) is 4.58. The molecule has 0 bridgehead atoms. The van der Waals surface area contributed by atoms with Gasteiger partial charge in [-0.2, -0.15) is 0 Å². The van der Waals surface area contributed by atoms with Gasteiger partial charge in [0.15, 0.2) is 5.78 Å². The van der Waals surface area contributed by atoms with Crippen LogP contribution >= 0.6 is 23.1 Å². The van der Waals surface area contributed by atoms with Crippen LogP contribution in [0.25, 0.3) is 0 Å². The predicted molar refractivity (Wildman–Crippen MR) is 108 cm³/mol. The molecule has 162 valence electrons. The third kappa shape index (κ3) is 6.77. The zero-order valence-corrected chi connectivity index (χ0v) is 17.5. The Morgan fingerprint density at radius 3 is 2.40 bits per heavy atom. The highest BCUT2D eigenvalue weighted by molar-refractivity contribution is 8.01. The summed E-state index contributed by atoms with van der Waals surface area (Å²) >= 11 is 2.16. The van der Waals surface area contributed by atoms with Crippen molar-refractivity contribution >= 4 is 45.8 Å². The van der Waals surface area contributed by atoms with Crippen LogP contribution in [-0.2, 0) is 16.0 Å². The molecule has 1 aromatic heterocycles. The van der Waals surface area contributed by atoms with E-state index in [1.807, 2.05) is 6.92 Å². The van der Waals surface area contributed by atoms with Gasteiger partial charge in [0, 0.05) is 10.4 Å². The standard InChI is InChI=1S/C19H18F3NO5S2/c1-3-13-8-14(18(30-13)23-17(27)10(2)29-9-15(24)25)16(26)11-4-6-12(7-5-11)28-19(20,21)22/h4-8,10H,3,9H2,1-2H3,(H,23,27)(H,24,25). The van der Waals surface area contributed by atoms with Crippen LogP contribution in [0.3, 0.4) is 0 Å². The van der Waals surface area contributed by atoms with Gasteiger partial charge >= 0.3 is 12.3 Å². The van der Waals surface area contributed by atoms with Gasteiger partial charge < -0.3 is 15.2 Å².